The van der Waals surface area contributed by atoms with Crippen LogP contribution in [0.5, 0.6) is 5.75 Å². The Balaban J connectivity index is 2.41. The number of benzene rings is 1. The van der Waals surface area contributed by atoms with E-state index in [4.69, 9.17) is 4.74 Å². The molecule has 128 valence electrons. The fraction of sp³-hybridized carbons (Fsp3) is 0.562. The van der Waals surface area contributed by atoms with Gasteiger partial charge in [-0.15, -0.1) is 0 Å². The number of hydrogen-bond donors (Lipinski definition) is 0. The molecule has 0 aromatic heterocycles. The van der Waals surface area contributed by atoms with Gasteiger partial charge < -0.3 is 9.47 Å². The first-order valence-corrected chi connectivity index (χ1v) is 8.86. The summed E-state index contributed by atoms with van der Waals surface area (Å²) >= 11 is 0. The minimum atomic E-state index is -3.72. The zero-order chi connectivity index (χ0) is 17.4. The van der Waals surface area contributed by atoms with Gasteiger partial charge in [-0.1, -0.05) is 6.92 Å². The Kier molecular flexibility index (Phi) is 4.73. The summed E-state index contributed by atoms with van der Waals surface area (Å²) in [6.07, 6.45) is 2.04. The average molecular weight is 341 g/mol. The van der Waals surface area contributed by atoms with E-state index >= 15 is 0 Å². The van der Waals surface area contributed by atoms with Crippen molar-refractivity contribution in [2.75, 3.05) is 21.3 Å². The van der Waals surface area contributed by atoms with Crippen LogP contribution in [0, 0.1) is 5.41 Å². The number of hydrogen-bond acceptors (Lipinski definition) is 5. The van der Waals surface area contributed by atoms with Crippen LogP contribution < -0.4 is 4.74 Å². The number of ether oxygens (including phenoxy) is 2. The molecule has 1 aromatic carbocycles. The van der Waals surface area contributed by atoms with Gasteiger partial charge in [0.2, 0.25) is 10.0 Å². The molecule has 0 aliphatic heterocycles. The lowest BCUT2D eigenvalue weighted by molar-refractivity contribution is 0.0600. The molecule has 1 atom stereocenters. The highest BCUT2D eigenvalue weighted by Crippen LogP contribution is 2.50. The monoisotopic (exact) mass is 341 g/mol. The molecular weight excluding hydrogens is 318 g/mol. The highest BCUT2D eigenvalue weighted by atomic mass is 32.2. The number of sulfonamides is 1. The Bertz CT molecular complexity index is 709. The summed E-state index contributed by atoms with van der Waals surface area (Å²) < 4.78 is 37.0. The maximum absolute atomic E-state index is 12.9. The number of esters is 1. The smallest absolute Gasteiger partial charge is 0.337 e. The molecule has 1 aliphatic rings. The van der Waals surface area contributed by atoms with Crippen LogP contribution in [0.3, 0.4) is 0 Å². The highest BCUT2D eigenvalue weighted by molar-refractivity contribution is 7.89. The van der Waals surface area contributed by atoms with Crippen LogP contribution in [-0.2, 0) is 14.8 Å². The van der Waals surface area contributed by atoms with Crippen molar-refractivity contribution in [1.29, 1.82) is 0 Å². The van der Waals surface area contributed by atoms with Gasteiger partial charge in [0.1, 0.15) is 10.6 Å². The van der Waals surface area contributed by atoms with E-state index in [0.717, 1.165) is 12.8 Å². The number of nitrogens with zero attached hydrogens (tertiary/aromatic N) is 1. The van der Waals surface area contributed by atoms with Crippen molar-refractivity contribution in [3.63, 3.8) is 0 Å². The van der Waals surface area contributed by atoms with E-state index in [2.05, 4.69) is 11.7 Å². The molecule has 0 bridgehead atoms. The van der Waals surface area contributed by atoms with Gasteiger partial charge in [-0.05, 0) is 43.4 Å². The van der Waals surface area contributed by atoms with Gasteiger partial charge in [-0.3, -0.25) is 0 Å². The second-order valence-corrected chi connectivity index (χ2v) is 8.17. The molecule has 0 amide bonds. The lowest BCUT2D eigenvalue weighted by atomic mass is 10.0. The van der Waals surface area contributed by atoms with Gasteiger partial charge in [-0.2, -0.15) is 4.31 Å². The molecule has 0 unspecified atom stereocenters. The zero-order valence-corrected chi connectivity index (χ0v) is 14.9. The lowest BCUT2D eigenvalue weighted by Crippen LogP contribution is -2.40. The first kappa shape index (κ1) is 17.7. The van der Waals surface area contributed by atoms with E-state index in [1.165, 1.54) is 36.7 Å². The predicted octanol–water partition coefficient (Wildman–Crippen LogP) is 2.29. The van der Waals surface area contributed by atoms with E-state index in [1.54, 1.807) is 7.05 Å². The van der Waals surface area contributed by atoms with Crippen LogP contribution in [0.2, 0.25) is 0 Å². The van der Waals surface area contributed by atoms with Crippen LogP contribution in [0.1, 0.15) is 37.0 Å². The van der Waals surface area contributed by atoms with Crippen LogP contribution in [0.25, 0.3) is 0 Å². The predicted molar refractivity (Wildman–Crippen MR) is 86.1 cm³/mol. The van der Waals surface area contributed by atoms with Gasteiger partial charge in [0.25, 0.3) is 0 Å². The Labute approximate surface area is 137 Å². The molecule has 0 N–H and O–H groups in total. The number of carbonyl (C=O) groups excluding carboxylic acids is 1. The molecule has 2 rings (SSSR count). The third kappa shape index (κ3) is 3.21. The summed E-state index contributed by atoms with van der Waals surface area (Å²) in [5, 5.41) is 0. The van der Waals surface area contributed by atoms with Crippen LogP contribution in [-0.4, -0.2) is 46.0 Å². The molecule has 0 saturated heterocycles. The molecule has 0 heterocycles. The van der Waals surface area contributed by atoms with E-state index in [-0.39, 0.29) is 27.7 Å². The van der Waals surface area contributed by atoms with Crippen molar-refractivity contribution in [2.24, 2.45) is 5.41 Å². The summed E-state index contributed by atoms with van der Waals surface area (Å²) in [5.41, 5.74) is 0.272. The molecular formula is C16H23NO5S. The Morgan fingerprint density at radius 2 is 1.91 bits per heavy atom. The summed E-state index contributed by atoms with van der Waals surface area (Å²) in [6, 6.07) is 4.09. The molecule has 1 saturated carbocycles. The molecule has 23 heavy (non-hydrogen) atoms. The molecule has 6 nitrogen and oxygen atoms in total. The topological polar surface area (TPSA) is 72.9 Å². The number of carbonyl (C=O) groups is 1. The van der Waals surface area contributed by atoms with E-state index in [9.17, 15) is 13.2 Å². The van der Waals surface area contributed by atoms with Gasteiger partial charge in [0.05, 0.1) is 19.8 Å². The standard InChI is InChI=1S/C16H23NO5S/c1-11(16(2)8-9-16)17(3)23(19,20)14-7-6-12(15(18)22-5)10-13(14)21-4/h6-7,10-11H,8-9H2,1-5H3/t11-/m1/s1. The molecule has 1 aromatic rings. The largest absolute Gasteiger partial charge is 0.495 e. The minimum Gasteiger partial charge on any atom is -0.495 e. The second-order valence-electron chi connectivity index (χ2n) is 6.21. The van der Waals surface area contributed by atoms with E-state index in [0.29, 0.717) is 0 Å². The number of methoxy groups -OCH3 is 2. The quantitative estimate of drug-likeness (QED) is 0.742. The van der Waals surface area contributed by atoms with Crippen molar-refractivity contribution in [3.8, 4) is 5.75 Å². The highest BCUT2D eigenvalue weighted by Gasteiger charge is 2.47. The first-order valence-electron chi connectivity index (χ1n) is 7.42. The van der Waals surface area contributed by atoms with Crippen LogP contribution in [0.15, 0.2) is 23.1 Å². The summed E-state index contributed by atoms with van der Waals surface area (Å²) in [5.74, 6) is -0.410. The van der Waals surface area contributed by atoms with Crippen LogP contribution in [0.4, 0.5) is 0 Å². The number of rotatable bonds is 6. The van der Waals surface area contributed by atoms with Crippen molar-refractivity contribution in [1.82, 2.24) is 4.31 Å². The fourth-order valence-electron chi connectivity index (χ4n) is 2.54. The summed E-state index contributed by atoms with van der Waals surface area (Å²) in [4.78, 5) is 11.6. The van der Waals surface area contributed by atoms with Gasteiger partial charge >= 0.3 is 5.97 Å². The second kappa shape index (κ2) is 6.13. The molecule has 0 spiro atoms. The van der Waals surface area contributed by atoms with Crippen molar-refractivity contribution in [3.05, 3.63) is 23.8 Å². The van der Waals surface area contributed by atoms with Crippen molar-refractivity contribution >= 4 is 16.0 Å². The normalized spacial score (nSPS) is 17.7. The lowest BCUT2D eigenvalue weighted by Gasteiger charge is -2.29. The van der Waals surface area contributed by atoms with Gasteiger partial charge in [-0.25, -0.2) is 13.2 Å². The SMILES string of the molecule is COC(=O)c1ccc(S(=O)(=O)N(C)[C@H](C)C2(C)CC2)c(OC)c1. The molecule has 7 heteroatoms. The average Bonchev–Trinajstić information content (AvgIpc) is 3.30. The van der Waals surface area contributed by atoms with Crippen LogP contribution >= 0.6 is 0 Å². The van der Waals surface area contributed by atoms with Crippen molar-refractivity contribution < 1.29 is 22.7 Å². The van der Waals surface area contributed by atoms with Gasteiger partial charge in [0.15, 0.2) is 0 Å². The van der Waals surface area contributed by atoms with E-state index < -0.39 is 16.0 Å². The zero-order valence-electron chi connectivity index (χ0n) is 14.1. The summed E-state index contributed by atoms with van der Waals surface area (Å²) in [6.45, 7) is 4.00. The minimum absolute atomic E-state index is 0.0288. The third-order valence-corrected chi connectivity index (χ3v) is 6.80. The molecule has 1 aliphatic carbocycles. The van der Waals surface area contributed by atoms with Crippen molar-refractivity contribution in [2.45, 2.75) is 37.6 Å². The first-order chi connectivity index (χ1) is 10.7. The Morgan fingerprint density at radius 1 is 1.30 bits per heavy atom. The Hall–Kier alpha value is -1.60. The maximum Gasteiger partial charge on any atom is 0.337 e. The maximum atomic E-state index is 12.9. The molecule has 0 radical (unpaired) electrons. The summed E-state index contributed by atoms with van der Waals surface area (Å²) in [7, 11) is 0.509. The Morgan fingerprint density at radius 3 is 2.39 bits per heavy atom. The van der Waals surface area contributed by atoms with Gasteiger partial charge in [0, 0.05) is 13.1 Å². The van der Waals surface area contributed by atoms with E-state index in [1.807, 2.05) is 6.92 Å². The third-order valence-electron chi connectivity index (χ3n) is 4.83. The molecule has 1 fully saturated rings. The fourth-order valence-corrected chi connectivity index (χ4v) is 4.16.